The first-order valence-corrected chi connectivity index (χ1v) is 7.33. The molecule has 1 aromatic heterocycles. The zero-order valence-electron chi connectivity index (χ0n) is 12.9. The fourth-order valence-corrected chi connectivity index (χ4v) is 2.36. The fraction of sp³-hybridized carbons (Fsp3) is 0.167. The minimum absolute atomic E-state index is 0.105. The van der Waals surface area contributed by atoms with Crippen molar-refractivity contribution in [3.63, 3.8) is 0 Å². The van der Waals surface area contributed by atoms with Crippen LogP contribution in [0.5, 0.6) is 11.5 Å². The average molecular weight is 311 g/mol. The van der Waals surface area contributed by atoms with Crippen molar-refractivity contribution in [2.45, 2.75) is 20.0 Å². The first-order chi connectivity index (χ1) is 11.0. The summed E-state index contributed by atoms with van der Waals surface area (Å²) >= 11 is 0. The number of carbonyl (C=O) groups is 1. The maximum absolute atomic E-state index is 11.3. The molecule has 2 aromatic carbocycles. The van der Waals surface area contributed by atoms with Crippen molar-refractivity contribution < 1.29 is 19.5 Å². The number of fused-ring (bicyclic) bond motifs is 1. The number of hydrogen-bond acceptors (Lipinski definition) is 3. The number of hydrogen-bond donors (Lipinski definition) is 1. The normalized spacial score (nSPS) is 10.9. The van der Waals surface area contributed by atoms with Gasteiger partial charge in [0, 0.05) is 5.39 Å². The molecule has 1 heterocycles. The van der Waals surface area contributed by atoms with E-state index < -0.39 is 5.97 Å². The van der Waals surface area contributed by atoms with Crippen molar-refractivity contribution in [1.82, 2.24) is 4.73 Å². The third kappa shape index (κ3) is 3.13. The lowest BCUT2D eigenvalue weighted by molar-refractivity contribution is 0.0697. The van der Waals surface area contributed by atoms with Gasteiger partial charge in [-0.25, -0.2) is 4.79 Å². The molecule has 3 aromatic rings. The van der Waals surface area contributed by atoms with Crippen LogP contribution in [0.2, 0.25) is 0 Å². The van der Waals surface area contributed by atoms with Gasteiger partial charge in [0.2, 0.25) is 0 Å². The molecule has 0 atom stereocenters. The minimum Gasteiger partial charge on any atom is -0.491 e. The van der Waals surface area contributed by atoms with E-state index >= 15 is 0 Å². The van der Waals surface area contributed by atoms with E-state index in [2.05, 4.69) is 0 Å². The average Bonchev–Trinajstić information content (AvgIpc) is 2.88. The van der Waals surface area contributed by atoms with Gasteiger partial charge in [-0.15, -0.1) is 0 Å². The van der Waals surface area contributed by atoms with Crippen LogP contribution in [0, 0.1) is 0 Å². The number of carboxylic acid groups (broad SMARTS) is 1. The van der Waals surface area contributed by atoms with E-state index in [0.29, 0.717) is 16.7 Å². The number of benzene rings is 2. The molecule has 0 unspecified atom stereocenters. The van der Waals surface area contributed by atoms with Gasteiger partial charge in [-0.05, 0) is 44.2 Å². The van der Waals surface area contributed by atoms with Gasteiger partial charge in [-0.3, -0.25) is 0 Å². The second kappa shape index (κ2) is 6.04. The second-order valence-corrected chi connectivity index (χ2v) is 5.42. The van der Waals surface area contributed by atoms with E-state index in [-0.39, 0.29) is 11.7 Å². The third-order valence-corrected chi connectivity index (χ3v) is 3.31. The molecule has 0 spiro atoms. The zero-order chi connectivity index (χ0) is 16.4. The van der Waals surface area contributed by atoms with Gasteiger partial charge >= 0.3 is 5.97 Å². The fourth-order valence-electron chi connectivity index (χ4n) is 2.36. The SMILES string of the molecule is CC(C)Oc1ccc(On2cc(C(=O)O)c3ccccc32)cc1. The summed E-state index contributed by atoms with van der Waals surface area (Å²) in [6.07, 6.45) is 1.58. The van der Waals surface area contributed by atoms with Crippen LogP contribution < -0.4 is 9.57 Å². The predicted octanol–water partition coefficient (Wildman–Crippen LogP) is 3.97. The Morgan fingerprint density at radius 1 is 1.04 bits per heavy atom. The molecule has 0 aliphatic heterocycles. The number of carboxylic acids is 1. The maximum atomic E-state index is 11.3. The van der Waals surface area contributed by atoms with Crippen molar-refractivity contribution in [3.8, 4) is 11.5 Å². The number of aromatic nitrogens is 1. The largest absolute Gasteiger partial charge is 0.491 e. The lowest BCUT2D eigenvalue weighted by Gasteiger charge is -2.11. The summed E-state index contributed by atoms with van der Waals surface area (Å²) < 4.78 is 7.05. The molecule has 0 saturated heterocycles. The molecule has 0 aliphatic rings. The summed E-state index contributed by atoms with van der Waals surface area (Å²) in [6, 6.07) is 14.4. The van der Waals surface area contributed by atoms with Crippen LogP contribution in [0.1, 0.15) is 24.2 Å². The number of para-hydroxylation sites is 1. The van der Waals surface area contributed by atoms with Gasteiger partial charge in [0.25, 0.3) is 0 Å². The van der Waals surface area contributed by atoms with Crippen molar-refractivity contribution in [3.05, 3.63) is 60.3 Å². The van der Waals surface area contributed by atoms with E-state index in [1.807, 2.05) is 38.1 Å². The molecule has 0 saturated carbocycles. The van der Waals surface area contributed by atoms with Gasteiger partial charge in [0.05, 0.1) is 23.4 Å². The summed E-state index contributed by atoms with van der Waals surface area (Å²) in [5, 5.41) is 9.94. The number of ether oxygens (including phenoxy) is 1. The molecule has 5 heteroatoms. The Morgan fingerprint density at radius 3 is 2.35 bits per heavy atom. The van der Waals surface area contributed by atoms with Crippen LogP contribution >= 0.6 is 0 Å². The quantitative estimate of drug-likeness (QED) is 0.774. The van der Waals surface area contributed by atoms with Gasteiger partial charge < -0.3 is 14.7 Å². The first-order valence-electron chi connectivity index (χ1n) is 7.33. The molecular weight excluding hydrogens is 294 g/mol. The highest BCUT2D eigenvalue weighted by molar-refractivity contribution is 6.03. The van der Waals surface area contributed by atoms with Gasteiger partial charge in [-0.2, -0.15) is 4.73 Å². The van der Waals surface area contributed by atoms with E-state index in [0.717, 1.165) is 5.75 Å². The second-order valence-electron chi connectivity index (χ2n) is 5.42. The highest BCUT2D eigenvalue weighted by atomic mass is 16.7. The lowest BCUT2D eigenvalue weighted by atomic mass is 10.2. The molecule has 1 N–H and O–H groups in total. The Bertz CT molecular complexity index is 834. The van der Waals surface area contributed by atoms with E-state index in [1.54, 1.807) is 24.3 Å². The molecule has 118 valence electrons. The monoisotopic (exact) mass is 311 g/mol. The van der Waals surface area contributed by atoms with Crippen LogP contribution in [-0.2, 0) is 0 Å². The minimum atomic E-state index is -0.982. The van der Waals surface area contributed by atoms with Crippen molar-refractivity contribution >= 4 is 16.9 Å². The first kappa shape index (κ1) is 15.0. The van der Waals surface area contributed by atoms with Crippen LogP contribution in [0.3, 0.4) is 0 Å². The Kier molecular flexibility index (Phi) is 3.93. The van der Waals surface area contributed by atoms with E-state index in [9.17, 15) is 9.90 Å². The molecule has 0 fully saturated rings. The summed E-state index contributed by atoms with van der Waals surface area (Å²) in [5.41, 5.74) is 0.910. The van der Waals surface area contributed by atoms with Crippen molar-refractivity contribution in [1.29, 1.82) is 0 Å². The van der Waals surface area contributed by atoms with Crippen molar-refractivity contribution in [2.24, 2.45) is 0 Å². The Morgan fingerprint density at radius 2 is 1.70 bits per heavy atom. The van der Waals surface area contributed by atoms with E-state index in [4.69, 9.17) is 9.57 Å². The molecule has 5 nitrogen and oxygen atoms in total. The molecule has 0 radical (unpaired) electrons. The van der Waals surface area contributed by atoms with Crippen LogP contribution in [0.25, 0.3) is 10.9 Å². The number of nitrogens with zero attached hydrogens (tertiary/aromatic N) is 1. The molecule has 23 heavy (non-hydrogen) atoms. The highest BCUT2D eigenvalue weighted by Crippen LogP contribution is 2.24. The molecule has 0 amide bonds. The Balaban J connectivity index is 1.91. The predicted molar refractivity (Wildman–Crippen MR) is 87.1 cm³/mol. The van der Waals surface area contributed by atoms with Crippen molar-refractivity contribution in [2.75, 3.05) is 0 Å². The van der Waals surface area contributed by atoms with Crippen LogP contribution in [0.15, 0.2) is 54.7 Å². The van der Waals surface area contributed by atoms with Crippen LogP contribution in [0.4, 0.5) is 0 Å². The highest BCUT2D eigenvalue weighted by Gasteiger charge is 2.14. The summed E-state index contributed by atoms with van der Waals surface area (Å²) in [7, 11) is 0. The number of aromatic carboxylic acids is 1. The Labute approximate surface area is 133 Å². The van der Waals surface area contributed by atoms with Gasteiger partial charge in [0.15, 0.2) is 5.75 Å². The molecule has 0 bridgehead atoms. The number of rotatable bonds is 5. The smallest absolute Gasteiger partial charge is 0.338 e. The molecule has 3 rings (SSSR count). The topological polar surface area (TPSA) is 60.7 Å². The third-order valence-electron chi connectivity index (χ3n) is 3.31. The van der Waals surface area contributed by atoms with Crippen LogP contribution in [-0.4, -0.2) is 21.9 Å². The standard InChI is InChI=1S/C18H17NO4/c1-12(2)22-13-7-9-14(10-8-13)23-19-11-16(18(20)21)15-5-3-4-6-17(15)19/h3-12H,1-2H3,(H,20,21). The summed E-state index contributed by atoms with van der Waals surface area (Å²) in [6.45, 7) is 3.92. The Hall–Kier alpha value is -2.95. The zero-order valence-corrected chi connectivity index (χ0v) is 12.9. The molecular formula is C18H17NO4. The summed E-state index contributed by atoms with van der Waals surface area (Å²) in [5.74, 6) is 0.374. The van der Waals surface area contributed by atoms with Gasteiger partial charge in [0.1, 0.15) is 5.75 Å². The lowest BCUT2D eigenvalue weighted by Crippen LogP contribution is -2.06. The molecule has 0 aliphatic carbocycles. The summed E-state index contributed by atoms with van der Waals surface area (Å²) in [4.78, 5) is 17.1. The maximum Gasteiger partial charge on any atom is 0.338 e. The van der Waals surface area contributed by atoms with Gasteiger partial charge in [-0.1, -0.05) is 18.2 Å². The van der Waals surface area contributed by atoms with E-state index in [1.165, 1.54) is 10.9 Å².